The number of nitrogens with one attached hydrogen (secondary N) is 2. The fraction of sp³-hybridized carbons (Fsp3) is 0.526. The first-order chi connectivity index (χ1) is 12.7. The fourth-order valence-electron chi connectivity index (χ4n) is 2.93. The topological polar surface area (TPSA) is 140 Å². The number of aliphatic hydroxyl groups is 1. The fourth-order valence-corrected chi connectivity index (χ4v) is 2.93. The molecule has 0 bridgehead atoms. The van der Waals surface area contributed by atoms with Gasteiger partial charge < -0.3 is 25.3 Å². The van der Waals surface area contributed by atoms with Gasteiger partial charge in [0, 0.05) is 6.42 Å². The Bertz CT molecular complexity index is 764. The molecule has 0 radical (unpaired) electrons. The molecule has 2 rings (SSSR count). The van der Waals surface area contributed by atoms with E-state index >= 15 is 0 Å². The van der Waals surface area contributed by atoms with Gasteiger partial charge in [-0.2, -0.15) is 5.26 Å². The van der Waals surface area contributed by atoms with Gasteiger partial charge in [-0.15, -0.1) is 0 Å². The normalized spacial score (nSPS) is 26.6. The number of hydrogen-bond donors (Lipinski definition) is 4. The van der Waals surface area contributed by atoms with Gasteiger partial charge in [-0.1, -0.05) is 20.4 Å². The molecule has 146 valence electrons. The van der Waals surface area contributed by atoms with Crippen LogP contribution < -0.4 is 5.73 Å². The molecule has 1 fully saturated rings. The van der Waals surface area contributed by atoms with Crippen LogP contribution in [0.4, 0.5) is 0 Å². The van der Waals surface area contributed by atoms with E-state index in [1.165, 1.54) is 0 Å². The summed E-state index contributed by atoms with van der Waals surface area (Å²) in [6.45, 7) is 9.58. The van der Waals surface area contributed by atoms with Gasteiger partial charge in [0.05, 0.1) is 29.2 Å². The molecule has 8 heteroatoms. The number of H-pyrrole nitrogens is 1. The molecule has 5 N–H and O–H groups in total. The molecule has 0 aliphatic carbocycles. The number of aliphatic hydroxyl groups excluding tert-OH is 1. The van der Waals surface area contributed by atoms with Crippen LogP contribution >= 0.6 is 0 Å². The van der Waals surface area contributed by atoms with Gasteiger partial charge >= 0.3 is 0 Å². The van der Waals surface area contributed by atoms with E-state index in [9.17, 15) is 10.4 Å². The Balaban J connectivity index is 2.12. The summed E-state index contributed by atoms with van der Waals surface area (Å²) in [4.78, 5) is 7.00. The zero-order valence-corrected chi connectivity index (χ0v) is 15.9. The summed E-state index contributed by atoms with van der Waals surface area (Å²) in [6, 6.07) is 5.34. The average Bonchev–Trinajstić information content (AvgIpc) is 3.25. The minimum Gasteiger partial charge on any atom is -0.494 e. The van der Waals surface area contributed by atoms with Gasteiger partial charge in [0.1, 0.15) is 30.9 Å². The van der Waals surface area contributed by atoms with Gasteiger partial charge in [-0.3, -0.25) is 5.41 Å². The summed E-state index contributed by atoms with van der Waals surface area (Å²) in [5.41, 5.74) is 6.50. The van der Waals surface area contributed by atoms with Crippen molar-refractivity contribution in [3.63, 3.8) is 0 Å². The molecule has 1 aromatic heterocycles. The van der Waals surface area contributed by atoms with E-state index in [-0.39, 0.29) is 25.0 Å². The lowest BCUT2D eigenvalue weighted by molar-refractivity contribution is -0.0590. The van der Waals surface area contributed by atoms with Crippen molar-refractivity contribution >= 4 is 12.1 Å². The molecule has 1 aliphatic heterocycles. The maximum atomic E-state index is 10.4. The van der Waals surface area contributed by atoms with Crippen molar-refractivity contribution < 1.29 is 14.6 Å². The SMILES string of the molecule is C=C(OCC1O[C@@](C#N)(c2ccc(/C(C)=N\C=N)[nH]2)C[C@@H]1O)[C@@H](N)C(C)C. The lowest BCUT2D eigenvalue weighted by Crippen LogP contribution is -2.33. The minimum atomic E-state index is -1.31. The number of nitrogens with two attached hydrogens (primary N) is 1. The maximum Gasteiger partial charge on any atom is 0.197 e. The predicted molar refractivity (Wildman–Crippen MR) is 102 cm³/mol. The Hall–Kier alpha value is -2.47. The van der Waals surface area contributed by atoms with Gasteiger partial charge in [0.15, 0.2) is 5.60 Å². The Morgan fingerprint density at radius 3 is 2.96 bits per heavy atom. The zero-order valence-electron chi connectivity index (χ0n) is 15.9. The molecule has 1 aliphatic rings. The first-order valence-corrected chi connectivity index (χ1v) is 8.81. The number of aromatic amines is 1. The van der Waals surface area contributed by atoms with Crippen LogP contribution in [0, 0.1) is 22.7 Å². The smallest absolute Gasteiger partial charge is 0.197 e. The maximum absolute atomic E-state index is 10.4. The van der Waals surface area contributed by atoms with Crippen LogP contribution in [-0.2, 0) is 15.1 Å². The van der Waals surface area contributed by atoms with Gasteiger partial charge in [0.25, 0.3) is 0 Å². The monoisotopic (exact) mass is 373 g/mol. The van der Waals surface area contributed by atoms with E-state index in [1.54, 1.807) is 19.1 Å². The highest BCUT2D eigenvalue weighted by molar-refractivity contribution is 6.00. The van der Waals surface area contributed by atoms with Crippen molar-refractivity contribution in [1.29, 1.82) is 10.7 Å². The molecule has 0 saturated carbocycles. The number of aromatic nitrogens is 1. The van der Waals surface area contributed by atoms with Crippen LogP contribution in [0.3, 0.4) is 0 Å². The highest BCUT2D eigenvalue weighted by Crippen LogP contribution is 2.39. The lowest BCUT2D eigenvalue weighted by Gasteiger charge is -2.23. The number of aliphatic imine (C=N–C) groups is 1. The van der Waals surface area contributed by atoms with Crippen molar-refractivity contribution in [1.82, 2.24) is 4.98 Å². The van der Waals surface area contributed by atoms with Crippen LogP contribution in [-0.4, -0.2) is 47.0 Å². The van der Waals surface area contributed by atoms with E-state index in [0.29, 0.717) is 22.9 Å². The third kappa shape index (κ3) is 4.45. The first-order valence-electron chi connectivity index (χ1n) is 8.81. The van der Waals surface area contributed by atoms with E-state index in [0.717, 1.165) is 6.34 Å². The van der Waals surface area contributed by atoms with Crippen molar-refractivity contribution in [3.8, 4) is 6.07 Å². The van der Waals surface area contributed by atoms with Crippen LogP contribution in [0.15, 0.2) is 29.5 Å². The molecular formula is C19H27N5O3. The molecular weight excluding hydrogens is 346 g/mol. The zero-order chi connectivity index (χ0) is 20.2. The highest BCUT2D eigenvalue weighted by atomic mass is 16.6. The Morgan fingerprint density at radius 1 is 1.67 bits per heavy atom. The summed E-state index contributed by atoms with van der Waals surface area (Å²) in [5.74, 6) is 0.601. The standard InChI is InChI=1S/C19H27N5O3/c1-11(2)18(22)13(4)26-8-16-15(25)7-19(9-20,27-16)17-6-5-14(24-17)12(3)23-10-21/h5-6,10-11,15-16,18,21,24-25H,4,7-8,22H2,1-3H3/b21-10?,23-12-/t15-,16?,18-,19-/m0/s1. The second kappa shape index (κ2) is 8.48. The number of ether oxygens (including phenoxy) is 2. The number of nitriles is 1. The van der Waals surface area contributed by atoms with Gasteiger partial charge in [-0.25, -0.2) is 4.99 Å². The number of nitrogens with zero attached hydrogens (tertiary/aromatic N) is 2. The van der Waals surface area contributed by atoms with E-state index in [2.05, 4.69) is 22.6 Å². The molecule has 1 unspecified atom stereocenters. The van der Waals surface area contributed by atoms with Gasteiger partial charge in [0.2, 0.25) is 0 Å². The molecule has 1 aromatic rings. The molecule has 27 heavy (non-hydrogen) atoms. The van der Waals surface area contributed by atoms with E-state index in [1.807, 2.05) is 13.8 Å². The van der Waals surface area contributed by atoms with Crippen molar-refractivity contribution in [2.45, 2.75) is 51.0 Å². The lowest BCUT2D eigenvalue weighted by atomic mass is 9.96. The summed E-state index contributed by atoms with van der Waals surface area (Å²) in [7, 11) is 0. The Labute approximate surface area is 159 Å². The Morgan fingerprint density at radius 2 is 2.37 bits per heavy atom. The third-order valence-electron chi connectivity index (χ3n) is 4.75. The number of rotatable bonds is 8. The van der Waals surface area contributed by atoms with E-state index < -0.39 is 17.8 Å². The summed E-state index contributed by atoms with van der Waals surface area (Å²) in [5, 5.41) is 27.2. The van der Waals surface area contributed by atoms with Crippen LogP contribution in [0.5, 0.6) is 0 Å². The average molecular weight is 373 g/mol. The molecule has 1 saturated heterocycles. The molecule has 0 amide bonds. The molecule has 4 atom stereocenters. The van der Waals surface area contributed by atoms with Crippen LogP contribution in [0.2, 0.25) is 0 Å². The predicted octanol–water partition coefficient (Wildman–Crippen LogP) is 1.81. The third-order valence-corrected chi connectivity index (χ3v) is 4.75. The number of hydrogen-bond acceptors (Lipinski definition) is 6. The first kappa shape index (κ1) is 20.8. The van der Waals surface area contributed by atoms with Gasteiger partial charge in [-0.05, 0) is 25.0 Å². The molecule has 0 aromatic carbocycles. The largest absolute Gasteiger partial charge is 0.494 e. The van der Waals surface area contributed by atoms with Crippen molar-refractivity contribution in [3.05, 3.63) is 35.9 Å². The summed E-state index contributed by atoms with van der Waals surface area (Å²) < 4.78 is 11.5. The van der Waals surface area contributed by atoms with Crippen molar-refractivity contribution in [2.75, 3.05) is 6.61 Å². The van der Waals surface area contributed by atoms with Crippen LogP contribution in [0.25, 0.3) is 0 Å². The quantitative estimate of drug-likeness (QED) is 0.312. The highest BCUT2D eigenvalue weighted by Gasteiger charge is 2.49. The van der Waals surface area contributed by atoms with Crippen LogP contribution in [0.1, 0.15) is 38.6 Å². The molecule has 2 heterocycles. The summed E-state index contributed by atoms with van der Waals surface area (Å²) >= 11 is 0. The second-order valence-electron chi connectivity index (χ2n) is 7.04. The Kier molecular flexibility index (Phi) is 6.54. The molecule has 8 nitrogen and oxygen atoms in total. The second-order valence-corrected chi connectivity index (χ2v) is 7.04. The van der Waals surface area contributed by atoms with Crippen molar-refractivity contribution in [2.24, 2.45) is 16.6 Å². The minimum absolute atomic E-state index is 0.0612. The summed E-state index contributed by atoms with van der Waals surface area (Å²) in [6.07, 6.45) is -0.478. The molecule has 0 spiro atoms. The van der Waals surface area contributed by atoms with E-state index in [4.69, 9.17) is 20.6 Å².